The van der Waals surface area contributed by atoms with E-state index in [9.17, 15) is 28.1 Å². The van der Waals surface area contributed by atoms with Gasteiger partial charge in [0.15, 0.2) is 16.7 Å². The fraction of sp³-hybridized carbons (Fsp3) is 0.235. The van der Waals surface area contributed by atoms with E-state index in [1.165, 1.54) is 6.26 Å². The van der Waals surface area contributed by atoms with Crippen LogP contribution in [0.1, 0.15) is 12.5 Å². The number of benzene rings is 1. The molecule has 0 aliphatic heterocycles. The van der Waals surface area contributed by atoms with Crippen molar-refractivity contribution in [1.82, 2.24) is 14.8 Å². The lowest BCUT2D eigenvalue weighted by Gasteiger charge is -2.13. The minimum Gasteiger partial charge on any atom is -0.461 e. The molecule has 2 heterocycles. The lowest BCUT2D eigenvalue weighted by Crippen LogP contribution is -2.18. The van der Waals surface area contributed by atoms with E-state index in [0.717, 1.165) is 23.9 Å². The van der Waals surface area contributed by atoms with Gasteiger partial charge in [0.25, 0.3) is 5.69 Å². The number of carbonyl (C=O) groups is 1. The highest BCUT2D eigenvalue weighted by Crippen LogP contribution is 2.37. The molecule has 0 spiro atoms. The third-order valence-electron chi connectivity index (χ3n) is 3.90. The SMILES string of the molecule is CCn1c(SCC(=O)Nc2ccc([N+](=O)[O-])cc2C(F)(F)F)nnc1-c1ccco1. The number of hydrogen-bond acceptors (Lipinski definition) is 7. The van der Waals surface area contributed by atoms with Crippen molar-refractivity contribution in [2.24, 2.45) is 0 Å². The molecular weight excluding hydrogens is 427 g/mol. The highest BCUT2D eigenvalue weighted by atomic mass is 32.2. The number of rotatable bonds is 7. The molecule has 1 N–H and O–H groups in total. The highest BCUT2D eigenvalue weighted by Gasteiger charge is 2.35. The number of nitro groups is 1. The van der Waals surface area contributed by atoms with Gasteiger partial charge in [0.2, 0.25) is 5.91 Å². The average Bonchev–Trinajstić information content (AvgIpc) is 3.34. The normalized spacial score (nSPS) is 11.5. The first kappa shape index (κ1) is 21.4. The molecular formula is C17H14F3N5O4S. The summed E-state index contributed by atoms with van der Waals surface area (Å²) in [5.74, 6) is -0.0315. The molecule has 13 heteroatoms. The second kappa shape index (κ2) is 8.57. The van der Waals surface area contributed by atoms with Crippen LogP contribution in [0.2, 0.25) is 0 Å². The zero-order valence-corrected chi connectivity index (χ0v) is 16.2. The molecule has 0 fully saturated rings. The van der Waals surface area contributed by atoms with E-state index >= 15 is 0 Å². The number of carbonyl (C=O) groups excluding carboxylic acids is 1. The minimum absolute atomic E-state index is 0.245. The lowest BCUT2D eigenvalue weighted by molar-refractivity contribution is -0.385. The number of nitrogens with zero attached hydrogens (tertiary/aromatic N) is 4. The van der Waals surface area contributed by atoms with Gasteiger partial charge in [-0.3, -0.25) is 19.5 Å². The van der Waals surface area contributed by atoms with Crippen LogP contribution < -0.4 is 5.32 Å². The molecule has 3 aromatic rings. The molecule has 1 amide bonds. The first-order valence-corrected chi connectivity index (χ1v) is 9.44. The van der Waals surface area contributed by atoms with Crippen molar-refractivity contribution in [3.63, 3.8) is 0 Å². The van der Waals surface area contributed by atoms with Crippen LogP contribution in [0.3, 0.4) is 0 Å². The fourth-order valence-electron chi connectivity index (χ4n) is 2.57. The Balaban J connectivity index is 1.74. The van der Waals surface area contributed by atoms with Crippen LogP contribution in [0.25, 0.3) is 11.6 Å². The first-order chi connectivity index (χ1) is 14.2. The number of hydrogen-bond donors (Lipinski definition) is 1. The van der Waals surface area contributed by atoms with Crippen molar-refractivity contribution in [3.05, 3.63) is 52.3 Å². The molecule has 0 aliphatic carbocycles. The molecule has 30 heavy (non-hydrogen) atoms. The largest absolute Gasteiger partial charge is 0.461 e. The predicted octanol–water partition coefficient (Wildman–Crippen LogP) is 4.22. The summed E-state index contributed by atoms with van der Waals surface area (Å²) >= 11 is 0.985. The summed E-state index contributed by atoms with van der Waals surface area (Å²) in [5, 5.41) is 21.3. The van der Waals surface area contributed by atoms with Gasteiger partial charge < -0.3 is 9.73 Å². The summed E-state index contributed by atoms with van der Waals surface area (Å²) in [6.07, 6.45) is -3.39. The van der Waals surface area contributed by atoms with Gasteiger partial charge in [0, 0.05) is 18.7 Å². The Hall–Kier alpha value is -3.35. The molecule has 0 unspecified atom stereocenters. The Kier molecular flexibility index (Phi) is 6.10. The number of aromatic nitrogens is 3. The number of nitrogens with one attached hydrogen (secondary N) is 1. The molecule has 1 aromatic carbocycles. The van der Waals surface area contributed by atoms with E-state index < -0.39 is 33.9 Å². The van der Waals surface area contributed by atoms with E-state index in [1.807, 2.05) is 6.92 Å². The van der Waals surface area contributed by atoms with Crippen LogP contribution in [0.4, 0.5) is 24.5 Å². The summed E-state index contributed by atoms with van der Waals surface area (Å²) in [6.45, 7) is 2.32. The number of halogens is 3. The number of nitro benzene ring substituents is 1. The third-order valence-corrected chi connectivity index (χ3v) is 4.87. The van der Waals surface area contributed by atoms with E-state index in [2.05, 4.69) is 15.5 Å². The van der Waals surface area contributed by atoms with Crippen LogP contribution in [-0.4, -0.2) is 31.3 Å². The van der Waals surface area contributed by atoms with Gasteiger partial charge in [-0.1, -0.05) is 11.8 Å². The van der Waals surface area contributed by atoms with Gasteiger partial charge in [0.1, 0.15) is 0 Å². The van der Waals surface area contributed by atoms with E-state index in [0.29, 0.717) is 29.4 Å². The summed E-state index contributed by atoms with van der Waals surface area (Å²) < 4.78 is 46.6. The Labute approximate surface area is 171 Å². The maximum atomic E-state index is 13.2. The molecule has 3 rings (SSSR count). The van der Waals surface area contributed by atoms with Gasteiger partial charge in [-0.05, 0) is 25.1 Å². The zero-order valence-electron chi connectivity index (χ0n) is 15.3. The Morgan fingerprint density at radius 2 is 2.10 bits per heavy atom. The number of alkyl halides is 3. The van der Waals surface area contributed by atoms with Crippen molar-refractivity contribution in [1.29, 1.82) is 0 Å². The van der Waals surface area contributed by atoms with Gasteiger partial charge in [-0.2, -0.15) is 13.2 Å². The lowest BCUT2D eigenvalue weighted by atomic mass is 10.1. The highest BCUT2D eigenvalue weighted by molar-refractivity contribution is 7.99. The monoisotopic (exact) mass is 441 g/mol. The predicted molar refractivity (Wildman–Crippen MR) is 101 cm³/mol. The molecule has 2 aromatic heterocycles. The number of furan rings is 1. The topological polar surface area (TPSA) is 116 Å². The number of thioether (sulfide) groups is 1. The average molecular weight is 441 g/mol. The van der Waals surface area contributed by atoms with Crippen LogP contribution in [0.5, 0.6) is 0 Å². The Bertz CT molecular complexity index is 1070. The van der Waals surface area contributed by atoms with E-state index in [4.69, 9.17) is 4.42 Å². The molecule has 0 radical (unpaired) electrons. The smallest absolute Gasteiger partial charge is 0.418 e. The van der Waals surface area contributed by atoms with Gasteiger partial charge in [-0.15, -0.1) is 10.2 Å². The summed E-state index contributed by atoms with van der Waals surface area (Å²) in [7, 11) is 0. The van der Waals surface area contributed by atoms with Crippen LogP contribution in [0.15, 0.2) is 46.2 Å². The Morgan fingerprint density at radius 3 is 2.70 bits per heavy atom. The number of anilines is 1. The van der Waals surface area contributed by atoms with Crippen molar-refractivity contribution >= 4 is 29.0 Å². The quantitative estimate of drug-likeness (QED) is 0.332. The third kappa shape index (κ3) is 4.62. The molecule has 0 saturated heterocycles. The fourth-order valence-corrected chi connectivity index (χ4v) is 3.38. The van der Waals surface area contributed by atoms with Gasteiger partial charge in [0.05, 0.1) is 28.2 Å². The maximum Gasteiger partial charge on any atom is 0.418 e. The van der Waals surface area contributed by atoms with Crippen molar-refractivity contribution in [3.8, 4) is 11.6 Å². The van der Waals surface area contributed by atoms with Crippen LogP contribution in [0, 0.1) is 10.1 Å². The maximum absolute atomic E-state index is 13.2. The molecule has 0 aliphatic rings. The van der Waals surface area contributed by atoms with Crippen molar-refractivity contribution in [2.45, 2.75) is 24.8 Å². The zero-order chi connectivity index (χ0) is 21.9. The summed E-state index contributed by atoms with van der Waals surface area (Å²) in [4.78, 5) is 22.0. The summed E-state index contributed by atoms with van der Waals surface area (Å²) in [6, 6.07) is 5.51. The van der Waals surface area contributed by atoms with E-state index in [-0.39, 0.29) is 5.75 Å². The standard InChI is InChI=1S/C17H14F3N5O4S/c1-2-24-15(13-4-3-7-29-13)22-23-16(24)30-9-14(26)21-12-6-5-10(25(27)28)8-11(12)17(18,19)20/h3-8H,2,9H2,1H3,(H,21,26). The summed E-state index contributed by atoms with van der Waals surface area (Å²) in [5.41, 5.74) is -2.59. The molecule has 0 bridgehead atoms. The van der Waals surface area contributed by atoms with Crippen LogP contribution >= 0.6 is 11.8 Å². The van der Waals surface area contributed by atoms with Crippen molar-refractivity contribution < 1.29 is 27.3 Å². The van der Waals surface area contributed by atoms with Gasteiger partial charge >= 0.3 is 6.18 Å². The molecule has 158 valence electrons. The van der Waals surface area contributed by atoms with Crippen molar-refractivity contribution in [2.75, 3.05) is 11.1 Å². The minimum atomic E-state index is -4.87. The number of non-ortho nitro benzene ring substituents is 1. The van der Waals surface area contributed by atoms with Gasteiger partial charge in [-0.25, -0.2) is 0 Å². The second-order valence-corrected chi connectivity index (χ2v) is 6.79. The first-order valence-electron chi connectivity index (χ1n) is 8.46. The van der Waals surface area contributed by atoms with E-state index in [1.54, 1.807) is 16.7 Å². The molecule has 0 saturated carbocycles. The molecule has 9 nitrogen and oxygen atoms in total. The second-order valence-electron chi connectivity index (χ2n) is 5.85. The number of amides is 1. The molecule has 0 atom stereocenters. The Morgan fingerprint density at radius 1 is 1.33 bits per heavy atom. The van der Waals surface area contributed by atoms with Crippen LogP contribution in [-0.2, 0) is 17.5 Å².